The van der Waals surface area contributed by atoms with Crippen molar-refractivity contribution in [2.24, 2.45) is 0 Å². The van der Waals surface area contributed by atoms with Gasteiger partial charge in [-0.3, -0.25) is 9.59 Å². The quantitative estimate of drug-likeness (QED) is 0.737. The van der Waals surface area contributed by atoms with Gasteiger partial charge in [0.2, 0.25) is 0 Å². The van der Waals surface area contributed by atoms with Crippen molar-refractivity contribution in [3.8, 4) is 11.5 Å². The number of hydrogen-bond donors (Lipinski definition) is 0. The lowest BCUT2D eigenvalue weighted by molar-refractivity contribution is -0.132. The van der Waals surface area contributed by atoms with E-state index in [4.69, 9.17) is 9.47 Å². The molecule has 0 aliphatic rings. The third-order valence-electron chi connectivity index (χ3n) is 3.40. The van der Waals surface area contributed by atoms with Crippen LogP contribution in [0.5, 0.6) is 11.5 Å². The summed E-state index contributed by atoms with van der Waals surface area (Å²) in [5.41, 5.74) is 1.50. The molecule has 2 aromatic rings. The molecule has 0 fully saturated rings. The molecule has 0 bridgehead atoms. The lowest BCUT2D eigenvalue weighted by atomic mass is 10.2. The first-order chi connectivity index (χ1) is 11.1. The Morgan fingerprint density at radius 3 is 2.48 bits per heavy atom. The molecule has 0 N–H and O–H groups in total. The fourth-order valence-electron chi connectivity index (χ4n) is 2.08. The second-order valence-corrected chi connectivity index (χ2v) is 5.04. The van der Waals surface area contributed by atoms with Gasteiger partial charge < -0.3 is 14.4 Å². The third-order valence-corrected chi connectivity index (χ3v) is 3.40. The van der Waals surface area contributed by atoms with E-state index in [-0.39, 0.29) is 12.5 Å². The Morgan fingerprint density at radius 1 is 1.13 bits per heavy atom. The normalized spacial score (nSPS) is 10.0. The van der Waals surface area contributed by atoms with Crippen molar-refractivity contribution in [1.29, 1.82) is 0 Å². The number of ether oxygens (including phenoxy) is 2. The number of carbonyl (C=O) groups is 2. The third kappa shape index (κ3) is 4.57. The van der Waals surface area contributed by atoms with E-state index in [2.05, 4.69) is 0 Å². The van der Waals surface area contributed by atoms with Crippen LogP contribution in [0.15, 0.2) is 48.5 Å². The van der Waals surface area contributed by atoms with E-state index < -0.39 is 0 Å². The van der Waals surface area contributed by atoms with E-state index in [1.807, 2.05) is 24.3 Å². The first-order valence-electron chi connectivity index (χ1n) is 7.18. The molecule has 0 spiro atoms. The summed E-state index contributed by atoms with van der Waals surface area (Å²) >= 11 is 0. The van der Waals surface area contributed by atoms with Crippen LogP contribution >= 0.6 is 0 Å². The van der Waals surface area contributed by atoms with Crippen molar-refractivity contribution in [2.75, 3.05) is 20.8 Å². The van der Waals surface area contributed by atoms with Crippen molar-refractivity contribution in [1.82, 2.24) is 4.90 Å². The Bertz CT molecular complexity index is 667. The average molecular weight is 313 g/mol. The lowest BCUT2D eigenvalue weighted by Gasteiger charge is -2.19. The van der Waals surface area contributed by atoms with Crippen molar-refractivity contribution in [2.45, 2.75) is 6.54 Å². The molecule has 5 heteroatoms. The van der Waals surface area contributed by atoms with Crippen molar-refractivity contribution < 1.29 is 19.1 Å². The predicted octanol–water partition coefficient (Wildman–Crippen LogP) is 2.55. The molecule has 0 saturated carbocycles. The van der Waals surface area contributed by atoms with Gasteiger partial charge in [-0.15, -0.1) is 0 Å². The summed E-state index contributed by atoms with van der Waals surface area (Å²) in [7, 11) is 3.32. The van der Waals surface area contributed by atoms with E-state index in [0.717, 1.165) is 17.6 Å². The molecule has 2 aromatic carbocycles. The first-order valence-corrected chi connectivity index (χ1v) is 7.18. The number of benzene rings is 2. The van der Waals surface area contributed by atoms with Crippen LogP contribution in [0.2, 0.25) is 0 Å². The molecule has 0 aliphatic heterocycles. The fraction of sp³-hybridized carbons (Fsp3) is 0.222. The number of amides is 1. The molecule has 0 heterocycles. The molecule has 0 aliphatic carbocycles. The molecule has 23 heavy (non-hydrogen) atoms. The molecule has 5 nitrogen and oxygen atoms in total. The zero-order valence-corrected chi connectivity index (χ0v) is 13.2. The first kappa shape index (κ1) is 16.5. The number of methoxy groups -OCH3 is 1. The molecule has 120 valence electrons. The highest BCUT2D eigenvalue weighted by molar-refractivity contribution is 5.77. The van der Waals surface area contributed by atoms with Gasteiger partial charge in [-0.05, 0) is 30.3 Å². The van der Waals surface area contributed by atoms with Crippen LogP contribution in [-0.2, 0) is 11.3 Å². The van der Waals surface area contributed by atoms with Gasteiger partial charge >= 0.3 is 0 Å². The minimum absolute atomic E-state index is 0.0634. The summed E-state index contributed by atoms with van der Waals surface area (Å²) in [5, 5.41) is 0. The van der Waals surface area contributed by atoms with E-state index in [1.165, 1.54) is 0 Å². The lowest BCUT2D eigenvalue weighted by Crippen LogP contribution is -2.31. The number of carbonyl (C=O) groups excluding carboxylic acids is 2. The van der Waals surface area contributed by atoms with Crippen LogP contribution in [-0.4, -0.2) is 37.9 Å². The highest BCUT2D eigenvalue weighted by Crippen LogP contribution is 2.19. The second-order valence-electron chi connectivity index (χ2n) is 5.04. The highest BCUT2D eigenvalue weighted by Gasteiger charge is 2.12. The number of likely N-dealkylation sites (N-methyl/N-ethyl adjacent to an activating group) is 1. The minimum atomic E-state index is -0.143. The molecule has 0 radical (unpaired) electrons. The number of para-hydroxylation sites is 1. The van der Waals surface area contributed by atoms with Crippen molar-refractivity contribution >= 4 is 12.2 Å². The van der Waals surface area contributed by atoms with Crippen LogP contribution in [0.3, 0.4) is 0 Å². The van der Waals surface area contributed by atoms with E-state index >= 15 is 0 Å². The van der Waals surface area contributed by atoms with E-state index in [0.29, 0.717) is 17.9 Å². The Labute approximate surface area is 135 Å². The Kier molecular flexibility index (Phi) is 5.74. The van der Waals surface area contributed by atoms with Crippen LogP contribution in [0.4, 0.5) is 0 Å². The zero-order valence-electron chi connectivity index (χ0n) is 13.2. The monoisotopic (exact) mass is 313 g/mol. The number of rotatable bonds is 7. The topological polar surface area (TPSA) is 55.8 Å². The zero-order chi connectivity index (χ0) is 16.7. The minimum Gasteiger partial charge on any atom is -0.496 e. The highest BCUT2D eigenvalue weighted by atomic mass is 16.5. The SMILES string of the molecule is COc1ccccc1CN(C)C(=O)COc1ccc(C=O)cc1. The maximum atomic E-state index is 12.1. The standard InChI is InChI=1S/C18H19NO4/c1-19(11-15-5-3-4-6-17(15)22-2)18(21)13-23-16-9-7-14(12-20)8-10-16/h3-10,12H,11,13H2,1-2H3. The molecule has 0 saturated heterocycles. The van der Waals surface area contributed by atoms with Gasteiger partial charge in [0.25, 0.3) is 5.91 Å². The smallest absolute Gasteiger partial charge is 0.260 e. The van der Waals surface area contributed by atoms with Crippen molar-refractivity contribution in [3.63, 3.8) is 0 Å². The van der Waals surface area contributed by atoms with Gasteiger partial charge in [0.05, 0.1) is 7.11 Å². The van der Waals surface area contributed by atoms with E-state index in [9.17, 15) is 9.59 Å². The predicted molar refractivity (Wildman–Crippen MR) is 86.8 cm³/mol. The number of hydrogen-bond acceptors (Lipinski definition) is 4. The molecule has 0 aromatic heterocycles. The van der Waals surface area contributed by atoms with E-state index in [1.54, 1.807) is 43.3 Å². The van der Waals surface area contributed by atoms with Crippen LogP contribution in [0, 0.1) is 0 Å². The van der Waals surface area contributed by atoms with Gasteiger partial charge in [0, 0.05) is 24.7 Å². The van der Waals surface area contributed by atoms with Crippen LogP contribution < -0.4 is 9.47 Å². The summed E-state index contributed by atoms with van der Waals surface area (Å²) < 4.78 is 10.7. The Balaban J connectivity index is 1.90. The average Bonchev–Trinajstić information content (AvgIpc) is 2.60. The molecule has 0 atom stereocenters. The Hall–Kier alpha value is -2.82. The van der Waals surface area contributed by atoms with Gasteiger partial charge in [0.15, 0.2) is 6.61 Å². The van der Waals surface area contributed by atoms with Crippen LogP contribution in [0.1, 0.15) is 15.9 Å². The van der Waals surface area contributed by atoms with Gasteiger partial charge in [0.1, 0.15) is 17.8 Å². The number of nitrogens with zero attached hydrogens (tertiary/aromatic N) is 1. The van der Waals surface area contributed by atoms with Gasteiger partial charge in [-0.2, -0.15) is 0 Å². The molecule has 2 rings (SSSR count). The summed E-state index contributed by atoms with van der Waals surface area (Å²) in [5.74, 6) is 1.16. The largest absolute Gasteiger partial charge is 0.496 e. The molecule has 1 amide bonds. The molecule has 0 unspecified atom stereocenters. The van der Waals surface area contributed by atoms with Crippen LogP contribution in [0.25, 0.3) is 0 Å². The van der Waals surface area contributed by atoms with Crippen molar-refractivity contribution in [3.05, 3.63) is 59.7 Å². The number of aldehydes is 1. The summed E-state index contributed by atoms with van der Waals surface area (Å²) in [4.78, 5) is 24.3. The van der Waals surface area contributed by atoms with Gasteiger partial charge in [-0.1, -0.05) is 18.2 Å². The maximum Gasteiger partial charge on any atom is 0.260 e. The summed E-state index contributed by atoms with van der Waals surface area (Å²) in [6, 6.07) is 14.2. The molecular weight excluding hydrogens is 294 g/mol. The second kappa shape index (κ2) is 7.98. The summed E-state index contributed by atoms with van der Waals surface area (Å²) in [6.07, 6.45) is 0.760. The van der Waals surface area contributed by atoms with Gasteiger partial charge in [-0.25, -0.2) is 0 Å². The fourth-order valence-corrected chi connectivity index (χ4v) is 2.08. The molecular formula is C18H19NO4. The Morgan fingerprint density at radius 2 is 1.83 bits per heavy atom. The maximum absolute atomic E-state index is 12.1. The summed E-state index contributed by atoms with van der Waals surface area (Å²) in [6.45, 7) is 0.377.